The van der Waals surface area contributed by atoms with Crippen LogP contribution in [0.3, 0.4) is 0 Å². The van der Waals surface area contributed by atoms with Gasteiger partial charge < -0.3 is 14.5 Å². The fourth-order valence-electron chi connectivity index (χ4n) is 5.72. The summed E-state index contributed by atoms with van der Waals surface area (Å²) in [5.74, 6) is -0.287. The third-order valence-corrected chi connectivity index (χ3v) is 10.3. The van der Waals surface area contributed by atoms with Crippen LogP contribution in [0.5, 0.6) is 0 Å². The van der Waals surface area contributed by atoms with Gasteiger partial charge in [0.15, 0.2) is 5.05 Å². The number of anilines is 2. The summed E-state index contributed by atoms with van der Waals surface area (Å²) in [6.45, 7) is 7.68. The van der Waals surface area contributed by atoms with E-state index in [9.17, 15) is 26.3 Å². The van der Waals surface area contributed by atoms with Gasteiger partial charge in [-0.05, 0) is 73.6 Å². The fraction of sp³-hybridized carbons (Fsp3) is 0.424. The van der Waals surface area contributed by atoms with Crippen LogP contribution in [0, 0.1) is 5.92 Å². The van der Waals surface area contributed by atoms with Crippen LogP contribution in [0.2, 0.25) is 5.02 Å². The smallest absolute Gasteiger partial charge is 0.417 e. The van der Waals surface area contributed by atoms with E-state index < -0.39 is 23.5 Å². The van der Waals surface area contributed by atoms with Crippen LogP contribution in [-0.4, -0.2) is 67.3 Å². The molecule has 2 aliphatic heterocycles. The van der Waals surface area contributed by atoms with Crippen molar-refractivity contribution >= 4 is 52.0 Å². The number of piperazine rings is 1. The van der Waals surface area contributed by atoms with Crippen LogP contribution in [0.4, 0.5) is 37.7 Å². The number of nitrogens with zero attached hydrogens (tertiary/aromatic N) is 3. The van der Waals surface area contributed by atoms with Crippen molar-refractivity contribution in [2.24, 2.45) is 5.92 Å². The quantitative estimate of drug-likeness (QED) is 0.154. The van der Waals surface area contributed by atoms with Crippen LogP contribution in [0.15, 0.2) is 70.5 Å². The van der Waals surface area contributed by atoms with E-state index in [1.807, 2.05) is 36.1 Å². The molecule has 0 amide bonds. The summed E-state index contributed by atoms with van der Waals surface area (Å²) in [5, 5.41) is 0.0383. The average Bonchev–Trinajstić information content (AvgIpc) is 3.01. The molecule has 2 aliphatic rings. The number of benzene rings is 3. The van der Waals surface area contributed by atoms with Crippen molar-refractivity contribution in [3.05, 3.63) is 82.4 Å². The van der Waals surface area contributed by atoms with Crippen molar-refractivity contribution in [2.45, 2.75) is 41.9 Å². The zero-order valence-electron chi connectivity index (χ0n) is 25.1. The average molecular weight is 702 g/mol. The van der Waals surface area contributed by atoms with Gasteiger partial charge in [-0.2, -0.15) is 26.3 Å². The molecule has 1 unspecified atom stereocenters. The van der Waals surface area contributed by atoms with E-state index in [0.717, 1.165) is 66.8 Å². The number of rotatable bonds is 10. The highest BCUT2D eigenvalue weighted by Crippen LogP contribution is 2.49. The van der Waals surface area contributed by atoms with E-state index in [4.69, 9.17) is 28.6 Å². The molecule has 0 aliphatic carbocycles. The SMILES string of the molecule is CC(Cc1cccc(C(F)(F)F)c1Cl)C(=S)OCCN1CCN(CCCN2c3ccccc3Sc3ccc(C(F)(F)F)cc32)CC1. The molecular weight excluding hydrogens is 668 g/mol. The van der Waals surface area contributed by atoms with Crippen LogP contribution in [0.25, 0.3) is 0 Å². The maximum Gasteiger partial charge on any atom is 0.417 e. The highest BCUT2D eigenvalue weighted by molar-refractivity contribution is 7.99. The minimum absolute atomic E-state index is 0.247. The van der Waals surface area contributed by atoms with Gasteiger partial charge >= 0.3 is 12.4 Å². The summed E-state index contributed by atoms with van der Waals surface area (Å²) in [7, 11) is 0. The molecule has 3 aromatic carbocycles. The van der Waals surface area contributed by atoms with Gasteiger partial charge in [0, 0.05) is 55.0 Å². The summed E-state index contributed by atoms with van der Waals surface area (Å²) in [4.78, 5) is 8.49. The lowest BCUT2D eigenvalue weighted by atomic mass is 9.99. The van der Waals surface area contributed by atoms with Crippen molar-refractivity contribution in [3.63, 3.8) is 0 Å². The number of para-hydroxylation sites is 1. The van der Waals surface area contributed by atoms with E-state index in [0.29, 0.717) is 36.0 Å². The van der Waals surface area contributed by atoms with Gasteiger partial charge in [0.2, 0.25) is 0 Å². The number of alkyl halides is 6. The van der Waals surface area contributed by atoms with Gasteiger partial charge in [-0.15, -0.1) is 0 Å². The number of halogens is 7. The Morgan fingerprint density at radius 1 is 0.848 bits per heavy atom. The molecule has 3 aromatic rings. The van der Waals surface area contributed by atoms with Crippen LogP contribution >= 0.6 is 35.6 Å². The van der Waals surface area contributed by atoms with Crippen LogP contribution < -0.4 is 4.90 Å². The van der Waals surface area contributed by atoms with Gasteiger partial charge in [-0.25, -0.2) is 0 Å². The molecule has 0 spiro atoms. The Balaban J connectivity index is 1.06. The van der Waals surface area contributed by atoms with Crippen LogP contribution in [0.1, 0.15) is 30.0 Å². The second-order valence-corrected chi connectivity index (χ2v) is 13.4. The van der Waals surface area contributed by atoms with Gasteiger partial charge in [0.25, 0.3) is 0 Å². The number of fused-ring (bicyclic) bond motifs is 2. The maximum absolute atomic E-state index is 13.5. The molecular formula is C33H34ClF6N3OS2. The van der Waals surface area contributed by atoms with Gasteiger partial charge in [-0.3, -0.25) is 4.90 Å². The molecule has 1 fully saturated rings. The van der Waals surface area contributed by atoms with Crippen molar-refractivity contribution in [3.8, 4) is 0 Å². The third kappa shape index (κ3) is 8.49. The molecule has 1 saturated heterocycles. The zero-order valence-corrected chi connectivity index (χ0v) is 27.5. The Morgan fingerprint density at radius 2 is 1.52 bits per heavy atom. The number of hydrogen-bond donors (Lipinski definition) is 0. The first kappa shape index (κ1) is 34.8. The molecule has 13 heteroatoms. The number of hydrogen-bond acceptors (Lipinski definition) is 6. The lowest BCUT2D eigenvalue weighted by Crippen LogP contribution is -2.47. The highest BCUT2D eigenvalue weighted by Gasteiger charge is 2.35. The normalized spacial score (nSPS) is 16.6. The second kappa shape index (κ2) is 14.7. The molecule has 0 bridgehead atoms. The van der Waals surface area contributed by atoms with Crippen molar-refractivity contribution in [1.29, 1.82) is 0 Å². The molecule has 46 heavy (non-hydrogen) atoms. The summed E-state index contributed by atoms with van der Waals surface area (Å²) < 4.78 is 85.9. The first-order valence-corrected chi connectivity index (χ1v) is 16.6. The van der Waals surface area contributed by atoms with E-state index in [-0.39, 0.29) is 17.4 Å². The Bertz CT molecular complexity index is 1530. The Kier molecular flexibility index (Phi) is 11.1. The monoisotopic (exact) mass is 701 g/mol. The molecule has 248 valence electrons. The highest BCUT2D eigenvalue weighted by atomic mass is 35.5. The van der Waals surface area contributed by atoms with E-state index in [1.165, 1.54) is 23.9 Å². The molecule has 2 heterocycles. The lowest BCUT2D eigenvalue weighted by molar-refractivity contribution is -0.138. The van der Waals surface area contributed by atoms with Crippen molar-refractivity contribution in [2.75, 3.05) is 57.3 Å². The summed E-state index contributed by atoms with van der Waals surface area (Å²) in [6.07, 6.45) is -7.89. The van der Waals surface area contributed by atoms with Crippen molar-refractivity contribution < 1.29 is 31.1 Å². The lowest BCUT2D eigenvalue weighted by Gasteiger charge is -2.36. The molecule has 4 nitrogen and oxygen atoms in total. The molecule has 0 radical (unpaired) electrons. The zero-order chi connectivity index (χ0) is 33.1. The summed E-state index contributed by atoms with van der Waals surface area (Å²) in [5.41, 5.74) is 0.393. The predicted molar refractivity (Wildman–Crippen MR) is 174 cm³/mol. The second-order valence-electron chi connectivity index (χ2n) is 11.5. The Hall–Kier alpha value is -2.51. The molecule has 0 saturated carbocycles. The Morgan fingerprint density at radius 3 is 2.22 bits per heavy atom. The van der Waals surface area contributed by atoms with E-state index in [1.54, 1.807) is 12.1 Å². The molecule has 0 aromatic heterocycles. The number of ether oxygens (including phenoxy) is 1. The van der Waals surface area contributed by atoms with Gasteiger partial charge in [-0.1, -0.05) is 54.6 Å². The first-order valence-electron chi connectivity index (χ1n) is 15.0. The van der Waals surface area contributed by atoms with Gasteiger partial charge in [0.1, 0.15) is 6.61 Å². The van der Waals surface area contributed by atoms with Crippen molar-refractivity contribution in [1.82, 2.24) is 9.80 Å². The Labute approximate surface area is 279 Å². The first-order chi connectivity index (χ1) is 21.8. The summed E-state index contributed by atoms with van der Waals surface area (Å²) in [6, 6.07) is 15.7. The standard InChI is InChI=1S/C33H34ClF6N3OS2/c1-22(20-23-6-4-7-25(30(23)34)33(38,39)40)31(45)44-19-18-42-16-14-41(15-17-42)12-5-13-43-26-8-2-3-9-28(26)46-29-11-10-24(21-27(29)43)32(35,36)37/h2-4,6-11,21-22H,5,12-20H2,1H3. The molecule has 0 N–H and O–H groups in total. The summed E-state index contributed by atoms with van der Waals surface area (Å²) >= 11 is 12.9. The molecule has 5 rings (SSSR count). The van der Waals surface area contributed by atoms with E-state index >= 15 is 0 Å². The van der Waals surface area contributed by atoms with E-state index in [2.05, 4.69) is 9.80 Å². The molecule has 1 atom stereocenters. The largest absolute Gasteiger partial charge is 0.485 e. The van der Waals surface area contributed by atoms with Gasteiger partial charge in [0.05, 0.1) is 27.5 Å². The minimum atomic E-state index is -4.52. The van der Waals surface area contributed by atoms with Crippen LogP contribution in [-0.2, 0) is 23.5 Å². The maximum atomic E-state index is 13.5. The fourth-order valence-corrected chi connectivity index (χ4v) is 7.28. The minimum Gasteiger partial charge on any atom is -0.485 e. The number of thiocarbonyl (C=S) groups is 1. The predicted octanol–water partition coefficient (Wildman–Crippen LogP) is 9.21. The topological polar surface area (TPSA) is 19.0 Å². The third-order valence-electron chi connectivity index (χ3n) is 8.24.